The minimum atomic E-state index is -4.79. The molecular weight excluding hydrogens is 445 g/mol. The van der Waals surface area contributed by atoms with Crippen LogP contribution in [-0.4, -0.2) is 42.1 Å². The molecule has 172 valence electrons. The molecule has 1 fully saturated rings. The van der Waals surface area contributed by atoms with Crippen molar-refractivity contribution in [3.63, 3.8) is 0 Å². The molecule has 1 aliphatic heterocycles. The number of nitrogens with zero attached hydrogens (tertiary/aromatic N) is 2. The van der Waals surface area contributed by atoms with E-state index >= 15 is 0 Å². The lowest BCUT2D eigenvalue weighted by atomic mass is 10.0. The molecule has 1 unspecified atom stereocenters. The van der Waals surface area contributed by atoms with Gasteiger partial charge in [-0.05, 0) is 43.0 Å². The number of carbonyl (C=O) groups is 1. The summed E-state index contributed by atoms with van der Waals surface area (Å²) in [5.41, 5.74) is 1.82. The van der Waals surface area contributed by atoms with Crippen molar-refractivity contribution in [2.75, 3.05) is 18.0 Å². The number of hydrogen-bond acceptors (Lipinski definition) is 5. The normalized spacial score (nSPS) is 16.7. The van der Waals surface area contributed by atoms with Crippen LogP contribution >= 0.6 is 11.6 Å². The topological polar surface area (TPSA) is 78.3 Å². The molecule has 1 atom stereocenters. The lowest BCUT2D eigenvalue weighted by Crippen LogP contribution is -2.48. The third-order valence-corrected chi connectivity index (χ3v) is 5.43. The summed E-state index contributed by atoms with van der Waals surface area (Å²) in [6.07, 6.45) is -1.74. The predicted octanol–water partition coefficient (Wildman–Crippen LogP) is 5.06. The molecule has 0 saturated carbocycles. The first-order valence-electron chi connectivity index (χ1n) is 10.2. The second-order valence-corrected chi connectivity index (χ2v) is 8.32. The quantitative estimate of drug-likeness (QED) is 0.581. The van der Waals surface area contributed by atoms with Crippen LogP contribution in [0.3, 0.4) is 0 Å². The average Bonchev–Trinajstić information content (AvgIpc) is 2.72. The van der Waals surface area contributed by atoms with Gasteiger partial charge in [0.1, 0.15) is 5.75 Å². The Labute approximate surface area is 189 Å². The lowest BCUT2D eigenvalue weighted by molar-refractivity contribution is -0.274. The van der Waals surface area contributed by atoms with E-state index in [0.717, 1.165) is 18.9 Å². The van der Waals surface area contributed by atoms with E-state index in [1.165, 1.54) is 18.3 Å². The Balaban J connectivity index is 1.67. The molecule has 2 aromatic rings. The number of alkyl halides is 3. The van der Waals surface area contributed by atoms with Crippen LogP contribution in [0, 0.1) is 11.3 Å². The number of nitrogens with one attached hydrogen (secondary N) is 2. The maximum absolute atomic E-state index is 12.8. The van der Waals surface area contributed by atoms with E-state index in [1.807, 2.05) is 18.7 Å². The van der Waals surface area contributed by atoms with Gasteiger partial charge >= 0.3 is 6.36 Å². The highest BCUT2D eigenvalue weighted by atomic mass is 35.5. The largest absolute Gasteiger partial charge is 0.573 e. The molecule has 1 saturated heterocycles. The molecule has 0 aliphatic carbocycles. The van der Waals surface area contributed by atoms with Crippen LogP contribution in [-0.2, 0) is 0 Å². The van der Waals surface area contributed by atoms with E-state index in [4.69, 9.17) is 17.0 Å². The number of piperidine rings is 1. The van der Waals surface area contributed by atoms with Gasteiger partial charge in [0.2, 0.25) is 0 Å². The summed E-state index contributed by atoms with van der Waals surface area (Å²) in [7, 11) is 0. The maximum Gasteiger partial charge on any atom is 0.573 e. The Hall–Kier alpha value is -2.81. The Morgan fingerprint density at radius 2 is 2.06 bits per heavy atom. The molecular formula is C22H24ClF3N4O2. The van der Waals surface area contributed by atoms with Crippen molar-refractivity contribution in [2.45, 2.75) is 39.1 Å². The highest BCUT2D eigenvalue weighted by molar-refractivity contribution is 6.33. The first kappa shape index (κ1) is 23.8. The summed E-state index contributed by atoms with van der Waals surface area (Å²) in [5.74, 6) is -0.656. The van der Waals surface area contributed by atoms with Gasteiger partial charge < -0.3 is 20.4 Å². The minimum absolute atomic E-state index is 0.00890. The molecule has 0 radical (unpaired) electrons. The summed E-state index contributed by atoms with van der Waals surface area (Å²) in [6, 6.07) is 6.88. The number of benzene rings is 1. The zero-order valence-electron chi connectivity index (χ0n) is 17.7. The number of amides is 1. The highest BCUT2D eigenvalue weighted by Crippen LogP contribution is 2.33. The number of pyridine rings is 1. The van der Waals surface area contributed by atoms with Crippen LogP contribution in [0.2, 0.25) is 5.02 Å². The lowest BCUT2D eigenvalue weighted by Gasteiger charge is -2.35. The van der Waals surface area contributed by atoms with E-state index in [1.54, 1.807) is 12.1 Å². The summed E-state index contributed by atoms with van der Waals surface area (Å²) in [6.45, 7) is 4.90. The third kappa shape index (κ3) is 6.12. The fraction of sp³-hybridized carbons (Fsp3) is 0.409. The van der Waals surface area contributed by atoms with Crippen LogP contribution in [0.5, 0.6) is 5.75 Å². The van der Waals surface area contributed by atoms with Crippen molar-refractivity contribution in [1.29, 1.82) is 5.41 Å². The minimum Gasteiger partial charge on any atom is -0.406 e. The number of aromatic nitrogens is 1. The Kier molecular flexibility index (Phi) is 7.28. The van der Waals surface area contributed by atoms with E-state index < -0.39 is 6.36 Å². The zero-order chi connectivity index (χ0) is 23.5. The molecule has 1 aromatic carbocycles. The molecule has 1 aliphatic rings. The van der Waals surface area contributed by atoms with Gasteiger partial charge in [0, 0.05) is 37.0 Å². The average molecular weight is 469 g/mol. The SMILES string of the molecule is CC(C)C(=N)c1cc(C(=O)NC2CCCN(c3ccc(OC(F)(F)F)cc3Cl)C2)ccn1. The molecule has 2 N–H and O–H groups in total. The fourth-order valence-electron chi connectivity index (χ4n) is 3.54. The monoisotopic (exact) mass is 468 g/mol. The van der Waals surface area contributed by atoms with Gasteiger partial charge in [0.05, 0.1) is 22.1 Å². The van der Waals surface area contributed by atoms with Gasteiger partial charge in [-0.3, -0.25) is 9.78 Å². The second-order valence-electron chi connectivity index (χ2n) is 7.92. The number of halogens is 4. The molecule has 1 aromatic heterocycles. The first-order valence-corrected chi connectivity index (χ1v) is 10.6. The molecule has 6 nitrogen and oxygen atoms in total. The number of hydrogen-bond donors (Lipinski definition) is 2. The Morgan fingerprint density at radius 3 is 2.72 bits per heavy atom. The van der Waals surface area contributed by atoms with Crippen molar-refractivity contribution in [3.05, 3.63) is 52.8 Å². The van der Waals surface area contributed by atoms with Crippen LogP contribution in [0.15, 0.2) is 36.5 Å². The van der Waals surface area contributed by atoms with Gasteiger partial charge in [-0.2, -0.15) is 0 Å². The van der Waals surface area contributed by atoms with E-state index in [0.29, 0.717) is 35.7 Å². The summed E-state index contributed by atoms with van der Waals surface area (Å²) >= 11 is 6.21. The van der Waals surface area contributed by atoms with Gasteiger partial charge in [0.15, 0.2) is 0 Å². The molecule has 2 heterocycles. The summed E-state index contributed by atoms with van der Waals surface area (Å²) < 4.78 is 41.2. The maximum atomic E-state index is 12.8. The van der Waals surface area contributed by atoms with E-state index in [2.05, 4.69) is 15.0 Å². The Bertz CT molecular complexity index is 997. The van der Waals surface area contributed by atoms with E-state index in [-0.39, 0.29) is 28.6 Å². The highest BCUT2D eigenvalue weighted by Gasteiger charge is 2.31. The smallest absolute Gasteiger partial charge is 0.406 e. The van der Waals surface area contributed by atoms with Gasteiger partial charge in [-0.25, -0.2) is 0 Å². The van der Waals surface area contributed by atoms with Crippen LogP contribution in [0.4, 0.5) is 18.9 Å². The predicted molar refractivity (Wildman–Crippen MR) is 117 cm³/mol. The van der Waals surface area contributed by atoms with Crippen LogP contribution in [0.1, 0.15) is 42.7 Å². The number of anilines is 1. The van der Waals surface area contributed by atoms with Gasteiger partial charge in [-0.1, -0.05) is 25.4 Å². The summed E-state index contributed by atoms with van der Waals surface area (Å²) in [5, 5.41) is 11.2. The van der Waals surface area contributed by atoms with Crippen LogP contribution in [0.25, 0.3) is 0 Å². The fourth-order valence-corrected chi connectivity index (χ4v) is 3.83. The van der Waals surface area contributed by atoms with Gasteiger partial charge in [0.25, 0.3) is 5.91 Å². The van der Waals surface area contributed by atoms with Crippen molar-refractivity contribution >= 4 is 28.9 Å². The molecule has 32 heavy (non-hydrogen) atoms. The number of carbonyl (C=O) groups excluding carboxylic acids is 1. The van der Waals surface area contributed by atoms with Crippen molar-refractivity contribution in [1.82, 2.24) is 10.3 Å². The van der Waals surface area contributed by atoms with Crippen molar-refractivity contribution in [2.24, 2.45) is 5.92 Å². The third-order valence-electron chi connectivity index (χ3n) is 5.13. The first-order chi connectivity index (χ1) is 15.0. The van der Waals surface area contributed by atoms with Gasteiger partial charge in [-0.15, -0.1) is 13.2 Å². The van der Waals surface area contributed by atoms with E-state index in [9.17, 15) is 18.0 Å². The van der Waals surface area contributed by atoms with Crippen molar-refractivity contribution in [3.8, 4) is 5.75 Å². The number of ether oxygens (including phenoxy) is 1. The second kappa shape index (κ2) is 9.77. The molecule has 1 amide bonds. The van der Waals surface area contributed by atoms with Crippen molar-refractivity contribution < 1.29 is 22.7 Å². The standard InChI is InChI=1S/C22H24ClF3N4O2/c1-13(2)20(27)18-10-14(7-8-28-18)21(31)29-15-4-3-9-30(12-15)19-6-5-16(11-17(19)23)32-22(24,25)26/h5-8,10-11,13,15,27H,3-4,9,12H2,1-2H3,(H,29,31). The molecule has 0 bridgehead atoms. The molecule has 10 heteroatoms. The number of rotatable bonds is 6. The molecule has 3 rings (SSSR count). The summed E-state index contributed by atoms with van der Waals surface area (Å²) in [4.78, 5) is 18.9. The van der Waals surface area contributed by atoms with Crippen LogP contribution < -0.4 is 15.0 Å². The zero-order valence-corrected chi connectivity index (χ0v) is 18.4. The Morgan fingerprint density at radius 1 is 1.31 bits per heavy atom. The molecule has 0 spiro atoms.